The maximum absolute atomic E-state index is 11.0. The lowest BCUT2D eigenvalue weighted by atomic mass is 10.1. The van der Waals surface area contributed by atoms with Gasteiger partial charge in [0, 0.05) is 6.42 Å². The van der Waals surface area contributed by atoms with Crippen LogP contribution in [-0.2, 0) is 16.0 Å². The minimum Gasteiger partial charge on any atom is -1.00 e. The van der Waals surface area contributed by atoms with Gasteiger partial charge in [0.15, 0.2) is 0 Å². The number of methoxy groups -OCH3 is 1. The van der Waals surface area contributed by atoms with E-state index < -0.39 is 0 Å². The van der Waals surface area contributed by atoms with E-state index in [4.69, 9.17) is 0 Å². The van der Waals surface area contributed by atoms with Crippen LogP contribution in [-0.4, -0.2) is 44.9 Å². The SMILES string of the molecule is COC(=O)CN[N+](C)(C)CCc1ccccc1.[Br-]. The zero-order valence-corrected chi connectivity index (χ0v) is 12.7. The lowest BCUT2D eigenvalue weighted by Gasteiger charge is -2.29. The number of ether oxygens (including phenoxy) is 1. The van der Waals surface area contributed by atoms with Gasteiger partial charge in [-0.1, -0.05) is 30.3 Å². The molecule has 0 fully saturated rings. The van der Waals surface area contributed by atoms with Crippen molar-refractivity contribution < 1.29 is 31.1 Å². The summed E-state index contributed by atoms with van der Waals surface area (Å²) in [7, 11) is 5.46. The molecule has 0 aliphatic heterocycles. The summed E-state index contributed by atoms with van der Waals surface area (Å²) < 4.78 is 5.18. The number of carbonyl (C=O) groups is 1. The molecule has 0 heterocycles. The number of likely N-dealkylation sites (N-methyl/N-ethyl adjacent to an activating group) is 1. The number of halogens is 1. The van der Waals surface area contributed by atoms with Crippen LogP contribution < -0.4 is 22.4 Å². The third-order valence-electron chi connectivity index (χ3n) is 2.68. The molecule has 0 aliphatic carbocycles. The average molecular weight is 317 g/mol. The molecule has 4 nitrogen and oxygen atoms in total. The molecule has 0 atom stereocenters. The molecular formula is C13H21BrN2O2. The van der Waals surface area contributed by atoms with E-state index in [1.54, 1.807) is 0 Å². The van der Waals surface area contributed by atoms with Crippen molar-refractivity contribution in [2.45, 2.75) is 6.42 Å². The molecule has 0 spiro atoms. The molecule has 1 aromatic carbocycles. The predicted octanol–water partition coefficient (Wildman–Crippen LogP) is -2.01. The molecule has 1 N–H and O–H groups in total. The molecule has 0 unspecified atom stereocenters. The highest BCUT2D eigenvalue weighted by atomic mass is 79.9. The molecule has 0 aromatic heterocycles. The molecule has 0 radical (unpaired) electrons. The number of carbonyl (C=O) groups excluding carboxylic acids is 1. The van der Waals surface area contributed by atoms with E-state index in [0.717, 1.165) is 13.0 Å². The first kappa shape index (κ1) is 17.1. The zero-order chi connectivity index (χ0) is 12.7. The van der Waals surface area contributed by atoms with E-state index in [2.05, 4.69) is 22.3 Å². The van der Waals surface area contributed by atoms with E-state index in [1.807, 2.05) is 32.3 Å². The first-order valence-electron chi connectivity index (χ1n) is 5.72. The third kappa shape index (κ3) is 6.74. The molecule has 0 amide bonds. The summed E-state index contributed by atoms with van der Waals surface area (Å²) in [6, 6.07) is 10.3. The fourth-order valence-corrected chi connectivity index (χ4v) is 1.48. The summed E-state index contributed by atoms with van der Waals surface area (Å²) in [5.74, 6) is -0.240. The third-order valence-corrected chi connectivity index (χ3v) is 2.68. The van der Waals surface area contributed by atoms with Gasteiger partial charge in [0.1, 0.15) is 6.54 Å². The molecular weight excluding hydrogens is 296 g/mol. The molecule has 0 saturated carbocycles. The first-order valence-corrected chi connectivity index (χ1v) is 5.72. The Balaban J connectivity index is 0.00000289. The first-order chi connectivity index (χ1) is 8.03. The van der Waals surface area contributed by atoms with Crippen LogP contribution in [0.3, 0.4) is 0 Å². The van der Waals surface area contributed by atoms with E-state index in [-0.39, 0.29) is 29.5 Å². The summed E-state index contributed by atoms with van der Waals surface area (Å²) >= 11 is 0. The van der Waals surface area contributed by atoms with E-state index in [0.29, 0.717) is 4.59 Å². The van der Waals surface area contributed by atoms with Crippen LogP contribution >= 0.6 is 0 Å². The number of hydrogen-bond acceptors (Lipinski definition) is 3. The van der Waals surface area contributed by atoms with Gasteiger partial charge in [-0.15, -0.1) is 0 Å². The normalized spacial score (nSPS) is 10.6. The maximum atomic E-state index is 11.0. The molecule has 1 aromatic rings. The highest BCUT2D eigenvalue weighted by Crippen LogP contribution is 2.02. The van der Waals surface area contributed by atoms with Crippen LogP contribution in [0.4, 0.5) is 0 Å². The van der Waals surface area contributed by atoms with Crippen molar-refractivity contribution in [3.05, 3.63) is 35.9 Å². The standard InChI is InChI=1S/C13H21N2O2.BrH/c1-15(2,14-11-13(16)17-3)10-9-12-7-5-4-6-8-12;/h4-8,14H,9-11H2,1-3H3;1H/q+1;/p-1. The lowest BCUT2D eigenvalue weighted by Crippen LogP contribution is -3.00. The number of nitrogens with one attached hydrogen (secondary N) is 1. The monoisotopic (exact) mass is 316 g/mol. The fourth-order valence-electron chi connectivity index (χ4n) is 1.48. The van der Waals surface area contributed by atoms with Crippen LogP contribution in [0, 0.1) is 0 Å². The van der Waals surface area contributed by atoms with Crippen LogP contribution in [0.2, 0.25) is 0 Å². The molecule has 0 saturated heterocycles. The Hall–Kier alpha value is -0.910. The minimum atomic E-state index is -0.240. The van der Waals surface area contributed by atoms with Gasteiger partial charge >= 0.3 is 5.97 Å². The summed E-state index contributed by atoms with van der Waals surface area (Å²) in [5, 5.41) is 0. The Kier molecular flexibility index (Phi) is 7.82. The second-order valence-corrected chi connectivity index (χ2v) is 4.56. The highest BCUT2D eigenvalue weighted by Gasteiger charge is 2.16. The van der Waals surface area contributed by atoms with Crippen molar-refractivity contribution in [3.8, 4) is 0 Å². The predicted molar refractivity (Wildman–Crippen MR) is 67.1 cm³/mol. The number of rotatable bonds is 6. The van der Waals surface area contributed by atoms with Gasteiger partial charge in [0.2, 0.25) is 0 Å². The quantitative estimate of drug-likeness (QED) is 0.374. The van der Waals surface area contributed by atoms with Crippen molar-refractivity contribution in [2.75, 3.05) is 34.3 Å². The molecule has 0 aliphatic rings. The minimum absolute atomic E-state index is 0. The van der Waals surface area contributed by atoms with Crippen molar-refractivity contribution in [1.82, 2.24) is 5.43 Å². The summed E-state index contributed by atoms with van der Waals surface area (Å²) in [4.78, 5) is 11.0. The van der Waals surface area contributed by atoms with Gasteiger partial charge in [-0.05, 0) is 5.56 Å². The Morgan fingerprint density at radius 1 is 1.28 bits per heavy atom. The summed E-state index contributed by atoms with van der Waals surface area (Å²) in [6.07, 6.45) is 0.974. The van der Waals surface area contributed by atoms with Crippen molar-refractivity contribution >= 4 is 5.97 Å². The van der Waals surface area contributed by atoms with E-state index >= 15 is 0 Å². The largest absolute Gasteiger partial charge is 1.00 e. The van der Waals surface area contributed by atoms with Crippen molar-refractivity contribution in [3.63, 3.8) is 0 Å². The zero-order valence-electron chi connectivity index (χ0n) is 11.1. The Labute approximate surface area is 119 Å². The fraction of sp³-hybridized carbons (Fsp3) is 0.462. The van der Waals surface area contributed by atoms with Gasteiger partial charge in [-0.25, -0.2) is 4.59 Å². The second-order valence-electron chi connectivity index (χ2n) is 4.56. The average Bonchev–Trinajstić information content (AvgIpc) is 2.35. The Bertz CT molecular complexity index is 355. The molecule has 1 rings (SSSR count). The summed E-state index contributed by atoms with van der Waals surface area (Å²) in [5.41, 5.74) is 4.45. The van der Waals surface area contributed by atoms with Crippen LogP contribution in [0.5, 0.6) is 0 Å². The van der Waals surface area contributed by atoms with Crippen LogP contribution in [0.1, 0.15) is 5.56 Å². The molecule has 5 heteroatoms. The second kappa shape index (κ2) is 8.24. The topological polar surface area (TPSA) is 38.3 Å². The summed E-state index contributed by atoms with van der Waals surface area (Å²) in [6.45, 7) is 1.15. The number of esters is 1. The van der Waals surface area contributed by atoms with Gasteiger partial charge in [0.25, 0.3) is 0 Å². The smallest absolute Gasteiger partial charge is 0.325 e. The van der Waals surface area contributed by atoms with E-state index in [9.17, 15) is 4.79 Å². The maximum Gasteiger partial charge on any atom is 0.325 e. The molecule has 0 bridgehead atoms. The van der Waals surface area contributed by atoms with Gasteiger partial charge in [-0.2, -0.15) is 5.43 Å². The van der Waals surface area contributed by atoms with E-state index in [1.165, 1.54) is 12.7 Å². The number of quaternary nitrogens is 1. The lowest BCUT2D eigenvalue weighted by molar-refractivity contribution is -0.933. The molecule has 18 heavy (non-hydrogen) atoms. The Morgan fingerprint density at radius 3 is 2.44 bits per heavy atom. The highest BCUT2D eigenvalue weighted by molar-refractivity contribution is 5.71. The van der Waals surface area contributed by atoms with Gasteiger partial charge < -0.3 is 21.7 Å². The number of nitrogens with zero attached hydrogens (tertiary/aromatic N) is 1. The van der Waals surface area contributed by atoms with Crippen molar-refractivity contribution in [2.24, 2.45) is 0 Å². The number of hydrogen-bond donors (Lipinski definition) is 1. The van der Waals surface area contributed by atoms with Crippen LogP contribution in [0.15, 0.2) is 30.3 Å². The van der Waals surface area contributed by atoms with Gasteiger partial charge in [-0.3, -0.25) is 4.79 Å². The van der Waals surface area contributed by atoms with Crippen molar-refractivity contribution in [1.29, 1.82) is 0 Å². The van der Waals surface area contributed by atoms with Crippen LogP contribution in [0.25, 0.3) is 0 Å². The van der Waals surface area contributed by atoms with Gasteiger partial charge in [0.05, 0.1) is 27.7 Å². The number of benzene rings is 1. The molecule has 102 valence electrons. The Morgan fingerprint density at radius 2 is 1.89 bits per heavy atom.